The van der Waals surface area contributed by atoms with Crippen LogP contribution in [0.4, 0.5) is 0 Å². The molecule has 0 radical (unpaired) electrons. The fraction of sp³-hybridized carbons (Fsp3) is 0. The van der Waals surface area contributed by atoms with Crippen LogP contribution in [0.15, 0.2) is 24.3 Å². The Hall–Kier alpha value is -0.269. The predicted octanol–water partition coefficient (Wildman–Crippen LogP) is 0.167. The van der Waals surface area contributed by atoms with E-state index >= 15 is 0 Å². The van der Waals surface area contributed by atoms with E-state index in [9.17, 15) is 9.59 Å². The van der Waals surface area contributed by atoms with Gasteiger partial charge in [-0.25, -0.2) is 9.59 Å². The first-order chi connectivity index (χ1) is 5.63. The van der Waals surface area contributed by atoms with Crippen LogP contribution in [0.1, 0.15) is 20.7 Å². The summed E-state index contributed by atoms with van der Waals surface area (Å²) >= 11 is 0. The quantitative estimate of drug-likeness (QED) is 0.764. The van der Waals surface area contributed by atoms with Crippen molar-refractivity contribution in [1.82, 2.24) is 0 Å². The molecule has 0 aromatic heterocycles. The number of rotatable bonds is 2. The van der Waals surface area contributed by atoms with Crippen LogP contribution in [0.2, 0.25) is 0 Å². The van der Waals surface area contributed by atoms with Crippen LogP contribution >= 0.6 is 0 Å². The van der Waals surface area contributed by atoms with Gasteiger partial charge in [-0.15, -0.1) is 0 Å². The van der Waals surface area contributed by atoms with Crippen molar-refractivity contribution in [3.63, 3.8) is 0 Å². The van der Waals surface area contributed by atoms with Crippen molar-refractivity contribution in [3.05, 3.63) is 35.4 Å². The summed E-state index contributed by atoms with van der Waals surface area (Å²) in [6.45, 7) is 0. The summed E-state index contributed by atoms with van der Waals surface area (Å²) in [4.78, 5) is 20.9. The first kappa shape index (κ1) is 12.7. The molecule has 5 heteroatoms. The number of carbonyl (C=O) groups is 2. The SMILES string of the molecule is O=C(O)c1ccccc1C(=O)O.[BaH2]. The third-order valence-corrected chi connectivity index (χ3v) is 1.39. The molecule has 0 aliphatic rings. The van der Waals surface area contributed by atoms with Crippen LogP contribution in [0, 0.1) is 0 Å². The van der Waals surface area contributed by atoms with Crippen molar-refractivity contribution < 1.29 is 19.8 Å². The van der Waals surface area contributed by atoms with Gasteiger partial charge in [0.25, 0.3) is 0 Å². The van der Waals surface area contributed by atoms with Crippen LogP contribution in [0.25, 0.3) is 0 Å². The Morgan fingerprint density at radius 2 is 1.23 bits per heavy atom. The molecule has 0 amide bonds. The van der Waals surface area contributed by atoms with Crippen molar-refractivity contribution in [3.8, 4) is 0 Å². The van der Waals surface area contributed by atoms with Crippen LogP contribution in [-0.4, -0.2) is 71.0 Å². The molecule has 1 rings (SSSR count). The fourth-order valence-electron chi connectivity index (χ4n) is 0.856. The summed E-state index contributed by atoms with van der Waals surface area (Å²) in [6.07, 6.45) is 0. The van der Waals surface area contributed by atoms with Gasteiger partial charge in [0, 0.05) is 0 Å². The first-order valence-corrected chi connectivity index (χ1v) is 3.18. The number of carboxylic acid groups (broad SMARTS) is 2. The second-order valence-corrected chi connectivity index (χ2v) is 2.16. The first-order valence-electron chi connectivity index (χ1n) is 3.18. The summed E-state index contributed by atoms with van der Waals surface area (Å²) in [7, 11) is 0. The van der Waals surface area contributed by atoms with Crippen LogP contribution < -0.4 is 0 Å². The molecule has 0 aliphatic carbocycles. The van der Waals surface area contributed by atoms with Gasteiger partial charge in [0.05, 0.1) is 11.1 Å². The Morgan fingerprint density at radius 3 is 1.46 bits per heavy atom. The molecular formula is C8H8BaO4. The minimum absolute atomic E-state index is 0. The molecule has 13 heavy (non-hydrogen) atoms. The third-order valence-electron chi connectivity index (χ3n) is 1.39. The number of benzene rings is 1. The molecule has 66 valence electrons. The summed E-state index contributed by atoms with van der Waals surface area (Å²) in [5.74, 6) is -2.46. The standard InChI is InChI=1S/C8H6O4.Ba.2H/c9-7(10)5-3-1-2-4-6(5)8(11)12;;;/h1-4H,(H,9,10)(H,11,12);;;. The molecule has 0 bridgehead atoms. The van der Waals surface area contributed by atoms with Gasteiger partial charge in [-0.3, -0.25) is 0 Å². The molecule has 0 spiro atoms. The van der Waals surface area contributed by atoms with E-state index in [2.05, 4.69) is 0 Å². The molecule has 1 aromatic rings. The van der Waals surface area contributed by atoms with E-state index in [1.54, 1.807) is 0 Å². The van der Waals surface area contributed by atoms with E-state index in [1.165, 1.54) is 24.3 Å². The van der Waals surface area contributed by atoms with E-state index in [-0.39, 0.29) is 60.0 Å². The average molecular weight is 305 g/mol. The van der Waals surface area contributed by atoms with Gasteiger partial charge in [0.1, 0.15) is 0 Å². The van der Waals surface area contributed by atoms with E-state index in [0.717, 1.165) is 0 Å². The Balaban J connectivity index is 0.00000144. The molecule has 4 nitrogen and oxygen atoms in total. The van der Waals surface area contributed by atoms with Crippen molar-refractivity contribution in [2.75, 3.05) is 0 Å². The number of hydrogen-bond donors (Lipinski definition) is 2. The van der Waals surface area contributed by atoms with E-state index < -0.39 is 11.9 Å². The Kier molecular flexibility index (Phi) is 5.35. The molecule has 2 N–H and O–H groups in total. The molecule has 0 aliphatic heterocycles. The van der Waals surface area contributed by atoms with Crippen LogP contribution in [-0.2, 0) is 0 Å². The molecule has 0 heterocycles. The minimum atomic E-state index is -1.23. The summed E-state index contributed by atoms with van der Waals surface area (Å²) in [6, 6.07) is 5.48. The van der Waals surface area contributed by atoms with Crippen LogP contribution in [0.3, 0.4) is 0 Å². The van der Waals surface area contributed by atoms with Gasteiger partial charge in [0.15, 0.2) is 0 Å². The second kappa shape index (κ2) is 5.46. The van der Waals surface area contributed by atoms with Gasteiger partial charge in [-0.2, -0.15) is 0 Å². The zero-order valence-electron chi connectivity index (χ0n) is 6.02. The topological polar surface area (TPSA) is 74.6 Å². The number of hydrogen-bond acceptors (Lipinski definition) is 2. The normalized spacial score (nSPS) is 8.62. The maximum atomic E-state index is 10.5. The summed E-state index contributed by atoms with van der Waals surface area (Å²) < 4.78 is 0. The van der Waals surface area contributed by atoms with E-state index in [0.29, 0.717) is 0 Å². The molecule has 0 fully saturated rings. The molecule has 0 atom stereocenters. The van der Waals surface area contributed by atoms with Crippen molar-refractivity contribution in [1.29, 1.82) is 0 Å². The fourth-order valence-corrected chi connectivity index (χ4v) is 0.856. The van der Waals surface area contributed by atoms with Gasteiger partial charge in [0.2, 0.25) is 0 Å². The van der Waals surface area contributed by atoms with Crippen molar-refractivity contribution in [2.24, 2.45) is 0 Å². The molecule has 1 aromatic carbocycles. The molecule has 0 unspecified atom stereocenters. The van der Waals surface area contributed by atoms with Gasteiger partial charge >= 0.3 is 60.8 Å². The number of aromatic carboxylic acids is 2. The van der Waals surface area contributed by atoms with Crippen LogP contribution in [0.5, 0.6) is 0 Å². The third kappa shape index (κ3) is 3.17. The predicted molar refractivity (Wildman–Crippen MR) is 48.9 cm³/mol. The summed E-state index contributed by atoms with van der Waals surface area (Å²) in [5.41, 5.74) is -0.380. The van der Waals surface area contributed by atoms with Crippen molar-refractivity contribution in [2.45, 2.75) is 0 Å². The Labute approximate surface area is 115 Å². The Morgan fingerprint density at radius 1 is 0.923 bits per heavy atom. The van der Waals surface area contributed by atoms with E-state index in [1.807, 2.05) is 0 Å². The van der Waals surface area contributed by atoms with Gasteiger partial charge in [-0.05, 0) is 12.1 Å². The summed E-state index contributed by atoms with van der Waals surface area (Å²) in [5, 5.41) is 17.1. The van der Waals surface area contributed by atoms with Gasteiger partial charge in [-0.1, -0.05) is 12.1 Å². The molecule has 0 saturated heterocycles. The van der Waals surface area contributed by atoms with Gasteiger partial charge < -0.3 is 10.2 Å². The average Bonchev–Trinajstić information content (AvgIpc) is 2.04. The maximum absolute atomic E-state index is 10.5. The second-order valence-electron chi connectivity index (χ2n) is 2.16. The zero-order valence-corrected chi connectivity index (χ0v) is 6.02. The Bertz CT molecular complexity index is 302. The number of carboxylic acids is 2. The van der Waals surface area contributed by atoms with Crippen molar-refractivity contribution >= 4 is 60.8 Å². The van der Waals surface area contributed by atoms with E-state index in [4.69, 9.17) is 10.2 Å². The zero-order chi connectivity index (χ0) is 9.14. The molecule has 0 saturated carbocycles. The monoisotopic (exact) mass is 306 g/mol. The molecular weight excluding hydrogens is 297 g/mol.